The van der Waals surface area contributed by atoms with Crippen molar-refractivity contribution in [1.82, 2.24) is 10.6 Å². The van der Waals surface area contributed by atoms with Gasteiger partial charge in [0.2, 0.25) is 5.91 Å². The number of halogens is 2. The summed E-state index contributed by atoms with van der Waals surface area (Å²) >= 11 is 0. The van der Waals surface area contributed by atoms with Gasteiger partial charge in [-0.2, -0.15) is 0 Å². The van der Waals surface area contributed by atoms with Gasteiger partial charge in [0.05, 0.1) is 6.04 Å². The van der Waals surface area contributed by atoms with E-state index in [0.29, 0.717) is 5.56 Å². The molecule has 2 N–H and O–H groups in total. The minimum Gasteiger partial charge on any atom is -0.352 e. The van der Waals surface area contributed by atoms with Crippen molar-refractivity contribution in [1.29, 1.82) is 0 Å². The molecule has 0 saturated heterocycles. The van der Waals surface area contributed by atoms with Gasteiger partial charge in [0.25, 0.3) is 5.91 Å². The van der Waals surface area contributed by atoms with Gasteiger partial charge in [0.15, 0.2) is 0 Å². The lowest BCUT2D eigenvalue weighted by molar-refractivity contribution is -0.121. The molecular formula is C22H26F2N2O2. The molecule has 2 aromatic rings. The number of hydrogen-bond donors (Lipinski definition) is 2. The van der Waals surface area contributed by atoms with Crippen LogP contribution in [0.25, 0.3) is 0 Å². The molecule has 1 atom stereocenters. The van der Waals surface area contributed by atoms with Crippen LogP contribution in [-0.2, 0) is 10.2 Å². The molecule has 1 unspecified atom stereocenters. The molecule has 6 heteroatoms. The zero-order valence-corrected chi connectivity index (χ0v) is 16.6. The van der Waals surface area contributed by atoms with Crippen LogP contribution in [0.2, 0.25) is 0 Å². The number of benzene rings is 2. The fraction of sp³-hybridized carbons (Fsp3) is 0.364. The van der Waals surface area contributed by atoms with Gasteiger partial charge in [0, 0.05) is 30.2 Å². The number of hydrogen-bond acceptors (Lipinski definition) is 2. The van der Waals surface area contributed by atoms with Gasteiger partial charge in [-0.15, -0.1) is 0 Å². The highest BCUT2D eigenvalue weighted by Gasteiger charge is 2.16. The lowest BCUT2D eigenvalue weighted by atomic mass is 9.87. The first-order valence-electron chi connectivity index (χ1n) is 9.21. The molecule has 0 aromatic heterocycles. The number of nitrogens with one attached hydrogen (secondary N) is 2. The van der Waals surface area contributed by atoms with E-state index in [1.165, 1.54) is 6.07 Å². The molecule has 28 heavy (non-hydrogen) atoms. The van der Waals surface area contributed by atoms with Crippen LogP contribution in [-0.4, -0.2) is 18.4 Å². The van der Waals surface area contributed by atoms with Crippen LogP contribution in [0.15, 0.2) is 42.5 Å². The maximum absolute atomic E-state index is 13.8. The summed E-state index contributed by atoms with van der Waals surface area (Å²) < 4.78 is 26.7. The van der Waals surface area contributed by atoms with E-state index in [2.05, 4.69) is 31.4 Å². The standard InChI is InChI=1S/C22H26F2N2O2/c1-14(18-10-9-17(23)13-19(18)24)26-20(27)11-12-25-21(28)15-5-7-16(8-6-15)22(2,3)4/h5-10,13-14H,11-12H2,1-4H3,(H,25,28)(H,26,27). The van der Waals surface area contributed by atoms with Crippen LogP contribution >= 0.6 is 0 Å². The molecule has 0 heterocycles. The number of carbonyl (C=O) groups excluding carboxylic acids is 2. The van der Waals surface area contributed by atoms with Gasteiger partial charge in [0.1, 0.15) is 11.6 Å². The highest BCUT2D eigenvalue weighted by Crippen LogP contribution is 2.22. The summed E-state index contributed by atoms with van der Waals surface area (Å²) in [6, 6.07) is 9.98. The summed E-state index contributed by atoms with van der Waals surface area (Å²) in [5, 5.41) is 5.34. The Bertz CT molecular complexity index is 843. The highest BCUT2D eigenvalue weighted by molar-refractivity contribution is 5.94. The number of amides is 2. The molecule has 0 aliphatic heterocycles. The van der Waals surface area contributed by atoms with Crippen LogP contribution in [0.3, 0.4) is 0 Å². The first kappa shape index (κ1) is 21.5. The van der Waals surface area contributed by atoms with Crippen molar-refractivity contribution in [3.63, 3.8) is 0 Å². The van der Waals surface area contributed by atoms with Crippen LogP contribution in [0.1, 0.15) is 61.6 Å². The Balaban J connectivity index is 1.82. The summed E-state index contributed by atoms with van der Waals surface area (Å²) in [7, 11) is 0. The molecule has 0 radical (unpaired) electrons. The molecular weight excluding hydrogens is 362 g/mol. The normalized spacial score (nSPS) is 12.4. The molecule has 150 valence electrons. The van der Waals surface area contributed by atoms with E-state index < -0.39 is 17.7 Å². The lowest BCUT2D eigenvalue weighted by Gasteiger charge is -2.19. The van der Waals surface area contributed by atoms with Crippen molar-refractivity contribution in [2.75, 3.05) is 6.54 Å². The quantitative estimate of drug-likeness (QED) is 0.777. The van der Waals surface area contributed by atoms with Crippen molar-refractivity contribution in [3.05, 3.63) is 70.8 Å². The molecule has 0 spiro atoms. The van der Waals surface area contributed by atoms with E-state index in [1.54, 1.807) is 19.1 Å². The van der Waals surface area contributed by atoms with E-state index in [0.717, 1.165) is 17.7 Å². The Morgan fingerprint density at radius 2 is 1.68 bits per heavy atom. The van der Waals surface area contributed by atoms with E-state index >= 15 is 0 Å². The van der Waals surface area contributed by atoms with Crippen molar-refractivity contribution in [3.8, 4) is 0 Å². The third kappa shape index (κ3) is 5.87. The average Bonchev–Trinajstić information content (AvgIpc) is 2.60. The van der Waals surface area contributed by atoms with Gasteiger partial charge >= 0.3 is 0 Å². The molecule has 0 bridgehead atoms. The molecule has 2 rings (SSSR count). The van der Waals surface area contributed by atoms with Crippen LogP contribution in [0.5, 0.6) is 0 Å². The lowest BCUT2D eigenvalue weighted by Crippen LogP contribution is -2.32. The largest absolute Gasteiger partial charge is 0.352 e. The predicted molar refractivity (Wildman–Crippen MR) is 105 cm³/mol. The predicted octanol–water partition coefficient (Wildman–Crippen LogP) is 4.26. The Hall–Kier alpha value is -2.76. The second-order valence-corrected chi connectivity index (χ2v) is 7.79. The van der Waals surface area contributed by atoms with Gasteiger partial charge in [-0.1, -0.05) is 39.0 Å². The Morgan fingerprint density at radius 1 is 1.04 bits per heavy atom. The fourth-order valence-electron chi connectivity index (χ4n) is 2.76. The molecule has 4 nitrogen and oxygen atoms in total. The molecule has 0 saturated carbocycles. The zero-order chi connectivity index (χ0) is 20.9. The zero-order valence-electron chi connectivity index (χ0n) is 16.6. The highest BCUT2D eigenvalue weighted by atomic mass is 19.1. The van der Waals surface area contributed by atoms with Gasteiger partial charge in [-0.25, -0.2) is 8.78 Å². The van der Waals surface area contributed by atoms with Crippen LogP contribution in [0.4, 0.5) is 8.78 Å². The minimum atomic E-state index is -0.709. The third-order valence-electron chi connectivity index (χ3n) is 4.46. The van der Waals surface area contributed by atoms with Crippen molar-refractivity contribution >= 4 is 11.8 Å². The van der Waals surface area contributed by atoms with E-state index in [4.69, 9.17) is 0 Å². The van der Waals surface area contributed by atoms with Crippen molar-refractivity contribution in [2.24, 2.45) is 0 Å². The smallest absolute Gasteiger partial charge is 0.251 e. The summed E-state index contributed by atoms with van der Waals surface area (Å²) in [6.45, 7) is 8.06. The third-order valence-corrected chi connectivity index (χ3v) is 4.46. The Morgan fingerprint density at radius 3 is 2.25 bits per heavy atom. The van der Waals surface area contributed by atoms with E-state index in [1.807, 2.05) is 12.1 Å². The Labute approximate surface area is 164 Å². The van der Waals surface area contributed by atoms with E-state index in [9.17, 15) is 18.4 Å². The van der Waals surface area contributed by atoms with Crippen molar-refractivity contribution in [2.45, 2.75) is 45.6 Å². The van der Waals surface area contributed by atoms with E-state index in [-0.39, 0.29) is 35.8 Å². The van der Waals surface area contributed by atoms with Crippen LogP contribution < -0.4 is 10.6 Å². The second-order valence-electron chi connectivity index (χ2n) is 7.79. The number of carbonyl (C=O) groups is 2. The second kappa shape index (κ2) is 8.95. The van der Waals surface area contributed by atoms with Crippen molar-refractivity contribution < 1.29 is 18.4 Å². The Kier molecular flexibility index (Phi) is 6.89. The molecule has 0 aliphatic rings. The minimum absolute atomic E-state index is 0.00772. The molecule has 2 aromatic carbocycles. The topological polar surface area (TPSA) is 58.2 Å². The maximum atomic E-state index is 13.8. The van der Waals surface area contributed by atoms with Gasteiger partial charge in [-0.3, -0.25) is 9.59 Å². The SMILES string of the molecule is CC(NC(=O)CCNC(=O)c1ccc(C(C)(C)C)cc1)c1ccc(F)cc1F. The fourth-order valence-corrected chi connectivity index (χ4v) is 2.76. The molecule has 0 aliphatic carbocycles. The summed E-state index contributed by atoms with van der Waals surface area (Å²) in [4.78, 5) is 24.2. The number of rotatable bonds is 6. The first-order chi connectivity index (χ1) is 13.1. The average molecular weight is 388 g/mol. The van der Waals surface area contributed by atoms with Gasteiger partial charge in [-0.05, 0) is 36.1 Å². The maximum Gasteiger partial charge on any atom is 0.251 e. The molecule has 0 fully saturated rings. The first-order valence-corrected chi connectivity index (χ1v) is 9.21. The van der Waals surface area contributed by atoms with Crippen LogP contribution in [0, 0.1) is 11.6 Å². The monoisotopic (exact) mass is 388 g/mol. The van der Waals surface area contributed by atoms with Gasteiger partial charge < -0.3 is 10.6 Å². The summed E-state index contributed by atoms with van der Waals surface area (Å²) in [5.41, 5.74) is 1.87. The summed E-state index contributed by atoms with van der Waals surface area (Å²) in [6.07, 6.45) is 0.0545. The summed E-state index contributed by atoms with van der Waals surface area (Å²) in [5.74, 6) is -1.97. The molecule has 2 amide bonds.